The maximum atomic E-state index is 13.8. The number of alkyl halides is 13. The average Bonchev–Trinajstić information content (AvgIpc) is 2.50. The van der Waals surface area contributed by atoms with E-state index in [9.17, 15) is 75.4 Å². The van der Waals surface area contributed by atoms with E-state index >= 15 is 0 Å². The number of hydrogen-bond donors (Lipinski definition) is 0. The summed E-state index contributed by atoms with van der Waals surface area (Å²) in [7, 11) is -5.97. The Hall–Kier alpha value is 0.106. The molecule has 0 rings (SSSR count). The van der Waals surface area contributed by atoms with Gasteiger partial charge in [-0.3, -0.25) is 0 Å². The average molecular weight is 523 g/mol. The van der Waals surface area contributed by atoms with Crippen LogP contribution in [0.15, 0.2) is 0 Å². The van der Waals surface area contributed by atoms with Crippen molar-refractivity contribution >= 4 is 16.0 Å². The van der Waals surface area contributed by atoms with E-state index in [1.54, 1.807) is 0 Å². The molecule has 0 aromatic rings. The molecular weight excluding hydrogens is 516 g/mol. The molecule has 0 heterocycles. The van der Waals surface area contributed by atoms with Crippen molar-refractivity contribution in [1.82, 2.24) is 4.31 Å². The van der Waals surface area contributed by atoms with Crippen LogP contribution in [0.2, 0.25) is 0 Å². The van der Waals surface area contributed by atoms with Gasteiger partial charge in [0.25, 0.3) is 0 Å². The number of nitrogens with zero attached hydrogens (tertiary/aromatic N) is 1. The van der Waals surface area contributed by atoms with E-state index in [1.807, 2.05) is 0 Å². The summed E-state index contributed by atoms with van der Waals surface area (Å²) < 4.78 is 189. The van der Waals surface area contributed by atoms with Gasteiger partial charge < -0.3 is 9.90 Å². The first-order chi connectivity index (χ1) is 12.4. The van der Waals surface area contributed by atoms with Gasteiger partial charge in [0, 0.05) is 0 Å². The van der Waals surface area contributed by atoms with Crippen molar-refractivity contribution in [3.05, 3.63) is 0 Å². The largest absolute Gasteiger partial charge is 1.00 e. The first kappa shape index (κ1) is 32.3. The molecular formula is C10H7F13KNO4S. The summed E-state index contributed by atoms with van der Waals surface area (Å²) >= 11 is 0. The molecule has 0 unspecified atom stereocenters. The Balaban J connectivity index is 0. The summed E-state index contributed by atoms with van der Waals surface area (Å²) in [5, 5.41) is 10.3. The Morgan fingerprint density at radius 3 is 1.37 bits per heavy atom. The van der Waals surface area contributed by atoms with Crippen LogP contribution in [-0.2, 0) is 14.8 Å². The van der Waals surface area contributed by atoms with E-state index in [1.165, 1.54) is 0 Å². The fourth-order valence-corrected chi connectivity index (χ4v) is 2.64. The molecule has 0 aromatic carbocycles. The number of carbonyl (C=O) groups is 1. The number of rotatable bonds is 9. The summed E-state index contributed by atoms with van der Waals surface area (Å²) in [6.07, 6.45) is -7.63. The number of halogens is 13. The van der Waals surface area contributed by atoms with Gasteiger partial charge in [0.2, 0.25) is 10.0 Å². The number of carboxylic acid groups (broad SMARTS) is 1. The van der Waals surface area contributed by atoms with Crippen LogP contribution in [0.4, 0.5) is 57.1 Å². The summed E-state index contributed by atoms with van der Waals surface area (Å²) in [6, 6.07) is -7.23. The van der Waals surface area contributed by atoms with Crippen molar-refractivity contribution in [3.8, 4) is 0 Å². The SMILES string of the molecule is CCS(=O)(=O)N(CC(=O)[O-])C(F)(F)C(F)(F)C(F)(F)C(F)(F)C(F)(F)C(F)(F)F.[K+]. The molecule has 0 spiro atoms. The van der Waals surface area contributed by atoms with E-state index < -0.39 is 68.5 Å². The topological polar surface area (TPSA) is 77.5 Å². The Labute approximate surface area is 201 Å². The van der Waals surface area contributed by atoms with Crippen LogP contribution in [0.1, 0.15) is 6.92 Å². The van der Waals surface area contributed by atoms with E-state index in [0.717, 1.165) is 0 Å². The minimum atomic E-state index is -8.25. The zero-order valence-corrected chi connectivity index (χ0v) is 18.3. The van der Waals surface area contributed by atoms with Gasteiger partial charge in [0.05, 0.1) is 18.3 Å². The van der Waals surface area contributed by atoms with E-state index in [-0.39, 0.29) is 51.4 Å². The van der Waals surface area contributed by atoms with Gasteiger partial charge in [0.15, 0.2) is 0 Å². The first-order valence-electron chi connectivity index (χ1n) is 6.52. The molecule has 0 amide bonds. The predicted molar refractivity (Wildman–Crippen MR) is 62.0 cm³/mol. The minimum absolute atomic E-state index is 0. The molecule has 174 valence electrons. The maximum absolute atomic E-state index is 13.8. The molecule has 0 N–H and O–H groups in total. The predicted octanol–water partition coefficient (Wildman–Crippen LogP) is -0.912. The van der Waals surface area contributed by atoms with E-state index in [2.05, 4.69) is 0 Å². The third kappa shape index (κ3) is 5.03. The molecule has 0 fully saturated rings. The third-order valence-electron chi connectivity index (χ3n) is 3.20. The van der Waals surface area contributed by atoms with Gasteiger partial charge in [-0.05, 0) is 6.92 Å². The smallest absolute Gasteiger partial charge is 0.549 e. The number of sulfonamides is 1. The summed E-state index contributed by atoms with van der Waals surface area (Å²) in [5.74, 6) is -37.2. The summed E-state index contributed by atoms with van der Waals surface area (Å²) in [5.41, 5.74) is 0. The van der Waals surface area contributed by atoms with Gasteiger partial charge in [0.1, 0.15) is 0 Å². The monoisotopic (exact) mass is 523 g/mol. The van der Waals surface area contributed by atoms with E-state index in [4.69, 9.17) is 0 Å². The van der Waals surface area contributed by atoms with Crippen molar-refractivity contribution in [2.75, 3.05) is 12.3 Å². The molecule has 0 aliphatic heterocycles. The van der Waals surface area contributed by atoms with Crippen LogP contribution in [0.3, 0.4) is 0 Å². The fraction of sp³-hybridized carbons (Fsp3) is 0.900. The Bertz CT molecular complexity index is 737. The molecule has 0 saturated carbocycles. The second-order valence-electron chi connectivity index (χ2n) is 5.12. The second kappa shape index (κ2) is 9.16. The van der Waals surface area contributed by atoms with Gasteiger partial charge in [-0.25, -0.2) is 8.42 Å². The van der Waals surface area contributed by atoms with Crippen LogP contribution in [0.25, 0.3) is 0 Å². The first-order valence-corrected chi connectivity index (χ1v) is 8.13. The zero-order chi connectivity index (χ0) is 24.1. The third-order valence-corrected chi connectivity index (χ3v) is 4.96. The Kier molecular flexibility index (Phi) is 9.86. The van der Waals surface area contributed by atoms with Crippen LogP contribution < -0.4 is 56.5 Å². The molecule has 0 aliphatic carbocycles. The molecule has 30 heavy (non-hydrogen) atoms. The molecule has 0 atom stereocenters. The Morgan fingerprint density at radius 2 is 1.10 bits per heavy atom. The number of hydrogen-bond acceptors (Lipinski definition) is 4. The summed E-state index contributed by atoms with van der Waals surface area (Å²) in [4.78, 5) is 10.3. The molecule has 0 aliphatic rings. The van der Waals surface area contributed by atoms with Crippen molar-refractivity contribution in [2.24, 2.45) is 0 Å². The fourth-order valence-electron chi connectivity index (χ4n) is 1.56. The summed E-state index contributed by atoms with van der Waals surface area (Å²) in [6.45, 7) is -2.51. The minimum Gasteiger partial charge on any atom is -0.549 e. The molecule has 20 heteroatoms. The van der Waals surface area contributed by atoms with Crippen molar-refractivity contribution in [2.45, 2.75) is 42.8 Å². The van der Waals surface area contributed by atoms with Gasteiger partial charge >= 0.3 is 87.3 Å². The van der Waals surface area contributed by atoms with Crippen LogP contribution >= 0.6 is 0 Å². The van der Waals surface area contributed by atoms with Gasteiger partial charge in [-0.2, -0.15) is 57.1 Å². The zero-order valence-electron chi connectivity index (χ0n) is 14.3. The molecule has 0 aromatic heterocycles. The van der Waals surface area contributed by atoms with Crippen LogP contribution in [-0.4, -0.2) is 66.9 Å². The van der Waals surface area contributed by atoms with Gasteiger partial charge in [-0.15, -0.1) is 4.31 Å². The molecule has 0 saturated heterocycles. The number of carboxylic acids is 1. The number of carbonyl (C=O) groups excluding carboxylic acids is 1. The van der Waals surface area contributed by atoms with E-state index in [0.29, 0.717) is 6.92 Å². The van der Waals surface area contributed by atoms with Crippen molar-refractivity contribution in [3.63, 3.8) is 0 Å². The standard InChI is InChI=1S/C10H8F13NO4S.K/c1-2-29(27,28)24(3-4(25)26)10(22,23)8(17,18)6(13,14)5(11,12)7(15,16)9(19,20)21;/h2-3H2,1H3,(H,25,26);/q;+1/p-1. The normalized spacial score (nSPS) is 15.2. The molecule has 5 nitrogen and oxygen atoms in total. The number of aliphatic carboxylic acids is 1. The Morgan fingerprint density at radius 1 is 0.767 bits per heavy atom. The van der Waals surface area contributed by atoms with Gasteiger partial charge in [-0.1, -0.05) is 0 Å². The molecule has 0 radical (unpaired) electrons. The van der Waals surface area contributed by atoms with Crippen LogP contribution in [0, 0.1) is 0 Å². The van der Waals surface area contributed by atoms with Crippen molar-refractivity contribution < 1.29 is 127 Å². The van der Waals surface area contributed by atoms with Crippen LogP contribution in [0.5, 0.6) is 0 Å². The molecule has 0 bridgehead atoms. The quantitative estimate of drug-likeness (QED) is 0.223. The van der Waals surface area contributed by atoms with Crippen molar-refractivity contribution in [1.29, 1.82) is 0 Å². The second-order valence-corrected chi connectivity index (χ2v) is 7.30. The maximum Gasteiger partial charge on any atom is 1.00 e.